The maximum Gasteiger partial charge on any atom is 0.349 e. The van der Waals surface area contributed by atoms with Crippen LogP contribution in [0.3, 0.4) is 0 Å². The summed E-state index contributed by atoms with van der Waals surface area (Å²) < 4.78 is 10.7. The molecule has 0 unspecified atom stereocenters. The van der Waals surface area contributed by atoms with E-state index >= 15 is 0 Å². The maximum atomic E-state index is 12.5. The van der Waals surface area contributed by atoms with E-state index in [0.29, 0.717) is 10.2 Å². The van der Waals surface area contributed by atoms with E-state index in [2.05, 4.69) is 10.1 Å². The third-order valence-corrected chi connectivity index (χ3v) is 4.33. The van der Waals surface area contributed by atoms with Gasteiger partial charge in [0.2, 0.25) is 5.75 Å². The Hall–Kier alpha value is -3.99. The molecule has 12 heteroatoms. The number of benzene rings is 2. The van der Waals surface area contributed by atoms with Crippen molar-refractivity contribution in [1.29, 1.82) is 0 Å². The summed E-state index contributed by atoms with van der Waals surface area (Å²) in [6, 6.07) is 8.76. The number of aromatic nitrogens is 2. The summed E-state index contributed by atoms with van der Waals surface area (Å²) >= 11 is 6.11. The number of fused-ring (bicyclic) bond motifs is 1. The van der Waals surface area contributed by atoms with Gasteiger partial charge < -0.3 is 14.5 Å². The van der Waals surface area contributed by atoms with Crippen molar-refractivity contribution < 1.29 is 19.2 Å². The molecule has 32 heavy (non-hydrogen) atoms. The lowest BCUT2D eigenvalue weighted by atomic mass is 10.2. The van der Waals surface area contributed by atoms with Gasteiger partial charge in [0.05, 0.1) is 33.2 Å². The fraction of sp³-hybridized carbons (Fsp3) is 0.200. The van der Waals surface area contributed by atoms with Crippen LogP contribution in [0.4, 0.5) is 5.69 Å². The molecule has 166 valence electrons. The molecule has 0 spiro atoms. The van der Waals surface area contributed by atoms with E-state index in [1.807, 2.05) is 0 Å². The number of nitro benzene ring substituents is 1. The second-order valence-corrected chi connectivity index (χ2v) is 7.18. The van der Waals surface area contributed by atoms with Crippen LogP contribution < -0.4 is 16.0 Å². The summed E-state index contributed by atoms with van der Waals surface area (Å²) in [6.45, 7) is 2.72. The summed E-state index contributed by atoms with van der Waals surface area (Å²) in [6.07, 6.45) is 0.693. The Morgan fingerprint density at radius 1 is 1.31 bits per heavy atom. The highest BCUT2D eigenvalue weighted by molar-refractivity contribution is 6.32. The van der Waals surface area contributed by atoms with Gasteiger partial charge in [-0.2, -0.15) is 5.10 Å². The minimum Gasteiger partial charge on any atom is -0.474 e. The average Bonchev–Trinajstić information content (AvgIpc) is 2.71. The fourth-order valence-corrected chi connectivity index (χ4v) is 3.04. The van der Waals surface area contributed by atoms with Gasteiger partial charge in [-0.3, -0.25) is 14.9 Å². The average molecular weight is 461 g/mol. The predicted molar refractivity (Wildman–Crippen MR) is 117 cm³/mol. The normalized spacial score (nSPS) is 11.2. The van der Waals surface area contributed by atoms with Crippen molar-refractivity contribution in [2.45, 2.75) is 20.0 Å². The van der Waals surface area contributed by atoms with Gasteiger partial charge in [-0.05, 0) is 32.0 Å². The number of esters is 1. The number of halogens is 1. The van der Waals surface area contributed by atoms with E-state index in [1.165, 1.54) is 12.1 Å². The van der Waals surface area contributed by atoms with Crippen molar-refractivity contribution in [3.05, 3.63) is 77.9 Å². The molecule has 3 aromatic rings. The van der Waals surface area contributed by atoms with Crippen LogP contribution in [-0.2, 0) is 9.53 Å². The van der Waals surface area contributed by atoms with E-state index in [4.69, 9.17) is 21.1 Å². The standard InChI is InChI=1S/C20H17ClN4O7/c1-11(2)32-17(26)10-31-18-14(21)7-12(8-16(18)25(29)30)9-22-24-19(27)13-5-3-4-6-15(13)23-20(24)28/h3-9,11H,10H2,1-2H3,(H,23,28). The number of para-hydroxylation sites is 1. The summed E-state index contributed by atoms with van der Waals surface area (Å²) in [5.74, 6) is -1.04. The first-order chi connectivity index (χ1) is 15.2. The largest absolute Gasteiger partial charge is 0.474 e. The molecule has 0 fully saturated rings. The van der Waals surface area contributed by atoms with Crippen molar-refractivity contribution in [1.82, 2.24) is 9.66 Å². The lowest BCUT2D eigenvalue weighted by Gasteiger charge is -2.11. The molecule has 0 saturated carbocycles. The highest BCUT2D eigenvalue weighted by Gasteiger charge is 2.22. The van der Waals surface area contributed by atoms with Crippen molar-refractivity contribution in [3.8, 4) is 5.75 Å². The molecule has 0 aliphatic carbocycles. The Morgan fingerprint density at radius 2 is 2.03 bits per heavy atom. The van der Waals surface area contributed by atoms with Gasteiger partial charge in [-0.15, -0.1) is 4.68 Å². The molecule has 1 aromatic heterocycles. The number of carbonyl (C=O) groups is 1. The third kappa shape index (κ3) is 5.01. The van der Waals surface area contributed by atoms with E-state index in [-0.39, 0.29) is 27.8 Å². The molecule has 3 rings (SSSR count). The number of hydrogen-bond donors (Lipinski definition) is 1. The molecule has 0 amide bonds. The van der Waals surface area contributed by atoms with Crippen LogP contribution in [0, 0.1) is 10.1 Å². The fourth-order valence-electron chi connectivity index (χ4n) is 2.76. The van der Waals surface area contributed by atoms with Gasteiger partial charge in [-0.1, -0.05) is 23.7 Å². The zero-order chi connectivity index (χ0) is 23.4. The monoisotopic (exact) mass is 460 g/mol. The lowest BCUT2D eigenvalue weighted by Crippen LogP contribution is -2.32. The molecule has 2 aromatic carbocycles. The van der Waals surface area contributed by atoms with E-state index in [0.717, 1.165) is 12.3 Å². The summed E-state index contributed by atoms with van der Waals surface area (Å²) in [5, 5.41) is 15.4. The molecule has 0 aliphatic rings. The minimum absolute atomic E-state index is 0.123. The quantitative estimate of drug-likeness (QED) is 0.246. The Balaban J connectivity index is 1.95. The van der Waals surface area contributed by atoms with Gasteiger partial charge in [0.1, 0.15) is 0 Å². The summed E-state index contributed by atoms with van der Waals surface area (Å²) in [5.41, 5.74) is -1.50. The minimum atomic E-state index is -0.783. The zero-order valence-electron chi connectivity index (χ0n) is 16.9. The molecule has 0 radical (unpaired) electrons. The topological polar surface area (TPSA) is 146 Å². The Bertz CT molecular complexity index is 1340. The van der Waals surface area contributed by atoms with E-state index in [9.17, 15) is 24.5 Å². The van der Waals surface area contributed by atoms with Crippen molar-refractivity contribution in [3.63, 3.8) is 0 Å². The second kappa shape index (κ2) is 9.43. The number of H-pyrrole nitrogens is 1. The number of ether oxygens (including phenoxy) is 2. The van der Waals surface area contributed by atoms with Crippen molar-refractivity contribution >= 4 is 40.4 Å². The number of hydrogen-bond acceptors (Lipinski definition) is 8. The molecule has 0 atom stereocenters. The highest BCUT2D eigenvalue weighted by atomic mass is 35.5. The third-order valence-electron chi connectivity index (χ3n) is 4.05. The number of nitrogens with one attached hydrogen (secondary N) is 1. The van der Waals surface area contributed by atoms with E-state index in [1.54, 1.807) is 32.0 Å². The summed E-state index contributed by atoms with van der Waals surface area (Å²) in [7, 11) is 0. The SMILES string of the molecule is CC(C)OC(=O)COc1c(Cl)cc(C=Nn2c(=O)[nH]c3ccccc3c2=O)cc1[N+](=O)[O-]. The first-order valence-electron chi connectivity index (χ1n) is 9.26. The van der Waals surface area contributed by atoms with Crippen LogP contribution in [0.15, 0.2) is 51.1 Å². The van der Waals surface area contributed by atoms with Gasteiger partial charge in [0.15, 0.2) is 6.61 Å². The van der Waals surface area contributed by atoms with Gasteiger partial charge in [0, 0.05) is 11.6 Å². The van der Waals surface area contributed by atoms with Crippen molar-refractivity contribution in [2.24, 2.45) is 5.10 Å². The number of aromatic amines is 1. The van der Waals surface area contributed by atoms with Gasteiger partial charge >= 0.3 is 17.3 Å². The predicted octanol–water partition coefficient (Wildman–Crippen LogP) is 2.46. The van der Waals surface area contributed by atoms with Crippen LogP contribution >= 0.6 is 11.6 Å². The zero-order valence-corrected chi connectivity index (χ0v) is 17.7. The molecule has 0 bridgehead atoms. The Morgan fingerprint density at radius 3 is 2.72 bits per heavy atom. The maximum absolute atomic E-state index is 12.5. The molecule has 11 nitrogen and oxygen atoms in total. The van der Waals surface area contributed by atoms with E-state index < -0.39 is 34.4 Å². The Kier molecular flexibility index (Phi) is 6.69. The molecule has 1 heterocycles. The Labute approximate surface area is 185 Å². The van der Waals surface area contributed by atoms with Crippen LogP contribution in [0.5, 0.6) is 5.75 Å². The van der Waals surface area contributed by atoms with Crippen molar-refractivity contribution in [2.75, 3.05) is 6.61 Å². The molecular formula is C20H17ClN4O7. The van der Waals surface area contributed by atoms with Gasteiger partial charge in [0.25, 0.3) is 5.56 Å². The first-order valence-corrected chi connectivity index (χ1v) is 9.64. The van der Waals surface area contributed by atoms with Crippen LogP contribution in [-0.4, -0.2) is 39.5 Å². The molecule has 0 saturated heterocycles. The first kappa shape index (κ1) is 22.7. The smallest absolute Gasteiger partial charge is 0.349 e. The molecular weight excluding hydrogens is 444 g/mol. The molecule has 0 aliphatic heterocycles. The summed E-state index contributed by atoms with van der Waals surface area (Å²) in [4.78, 5) is 49.6. The number of carbonyl (C=O) groups excluding carboxylic acids is 1. The number of nitro groups is 1. The number of rotatable bonds is 7. The number of nitrogens with zero attached hydrogens (tertiary/aromatic N) is 3. The van der Waals surface area contributed by atoms with Crippen LogP contribution in [0.25, 0.3) is 10.9 Å². The molecule has 1 N–H and O–H groups in total. The van der Waals surface area contributed by atoms with Crippen LogP contribution in [0.2, 0.25) is 5.02 Å². The second-order valence-electron chi connectivity index (χ2n) is 6.77. The van der Waals surface area contributed by atoms with Crippen LogP contribution in [0.1, 0.15) is 19.4 Å². The van der Waals surface area contributed by atoms with Gasteiger partial charge in [-0.25, -0.2) is 9.59 Å². The lowest BCUT2D eigenvalue weighted by molar-refractivity contribution is -0.385. The highest BCUT2D eigenvalue weighted by Crippen LogP contribution is 2.35.